The van der Waals surface area contributed by atoms with Crippen LogP contribution in [-0.4, -0.2) is 40.7 Å². The minimum Gasteiger partial charge on any atom is -0.355 e. The molecule has 1 aliphatic carbocycles. The van der Waals surface area contributed by atoms with Gasteiger partial charge in [0.15, 0.2) is 0 Å². The van der Waals surface area contributed by atoms with Crippen LogP contribution >= 0.6 is 0 Å². The lowest BCUT2D eigenvalue weighted by Crippen LogP contribution is -2.43. The number of nitrogens with zero attached hydrogens (tertiary/aromatic N) is 4. The fourth-order valence-electron chi connectivity index (χ4n) is 4.34. The summed E-state index contributed by atoms with van der Waals surface area (Å²) < 4.78 is 5.29. The predicted octanol–water partition coefficient (Wildman–Crippen LogP) is 3.92. The number of carbonyl (C=O) groups is 1. The number of allylic oxidation sites excluding steroid dienone is 1. The number of pyridine rings is 1. The van der Waals surface area contributed by atoms with Gasteiger partial charge in [0.25, 0.3) is 0 Å². The number of anilines is 1. The molecule has 0 unspecified atom stereocenters. The molecule has 1 atom stereocenters. The molecule has 2 aromatic heterocycles. The zero-order chi connectivity index (χ0) is 20.8. The first-order valence-electron chi connectivity index (χ1n) is 11.2. The highest BCUT2D eigenvalue weighted by atomic mass is 16.5. The maximum absolute atomic E-state index is 12.8. The second-order valence-corrected chi connectivity index (χ2v) is 8.17. The zero-order valence-electron chi connectivity index (χ0n) is 17.8. The van der Waals surface area contributed by atoms with Gasteiger partial charge >= 0.3 is 0 Å². The number of aromatic nitrogens is 3. The van der Waals surface area contributed by atoms with Crippen molar-refractivity contribution < 1.29 is 9.32 Å². The average Bonchev–Trinajstić information content (AvgIpc) is 3.29. The highest BCUT2D eigenvalue weighted by Gasteiger charge is 2.28. The Morgan fingerprint density at radius 2 is 2.27 bits per heavy atom. The fourth-order valence-corrected chi connectivity index (χ4v) is 4.34. The summed E-state index contributed by atoms with van der Waals surface area (Å²) in [5.41, 5.74) is 2.35. The topological polar surface area (TPSA) is 84.2 Å². The first-order chi connectivity index (χ1) is 14.7. The van der Waals surface area contributed by atoms with Gasteiger partial charge in [-0.1, -0.05) is 23.7 Å². The molecule has 7 nitrogen and oxygen atoms in total. The summed E-state index contributed by atoms with van der Waals surface area (Å²) in [5.74, 6) is 2.13. The summed E-state index contributed by atoms with van der Waals surface area (Å²) in [6, 6.07) is 3.85. The monoisotopic (exact) mass is 409 g/mol. The Balaban J connectivity index is 1.39. The average molecular weight is 410 g/mol. The lowest BCUT2D eigenvalue weighted by molar-refractivity contribution is -0.125. The van der Waals surface area contributed by atoms with Gasteiger partial charge in [0.05, 0.1) is 11.5 Å². The van der Waals surface area contributed by atoms with Gasteiger partial charge in [-0.15, -0.1) is 0 Å². The summed E-state index contributed by atoms with van der Waals surface area (Å²) in [5, 5.41) is 7.28. The molecule has 0 aromatic carbocycles. The first kappa shape index (κ1) is 20.6. The summed E-state index contributed by atoms with van der Waals surface area (Å²) in [6.45, 7) is 4.26. The van der Waals surface area contributed by atoms with E-state index in [2.05, 4.69) is 31.4 Å². The van der Waals surface area contributed by atoms with Crippen LogP contribution in [0.3, 0.4) is 0 Å². The van der Waals surface area contributed by atoms with Crippen LogP contribution in [0.4, 0.5) is 5.82 Å². The van der Waals surface area contributed by atoms with E-state index in [4.69, 9.17) is 4.52 Å². The van der Waals surface area contributed by atoms with Crippen molar-refractivity contribution in [3.05, 3.63) is 35.9 Å². The van der Waals surface area contributed by atoms with Crippen molar-refractivity contribution in [3.63, 3.8) is 0 Å². The summed E-state index contributed by atoms with van der Waals surface area (Å²) in [7, 11) is 0. The van der Waals surface area contributed by atoms with Crippen molar-refractivity contribution in [2.24, 2.45) is 5.92 Å². The maximum Gasteiger partial charge on any atom is 0.226 e. The van der Waals surface area contributed by atoms with E-state index in [1.807, 2.05) is 19.1 Å². The van der Waals surface area contributed by atoms with Crippen LogP contribution in [0.25, 0.3) is 11.4 Å². The lowest BCUT2D eigenvalue weighted by atomic mass is 9.95. The van der Waals surface area contributed by atoms with Crippen molar-refractivity contribution in [3.8, 4) is 11.4 Å². The SMILES string of the molecule is CCc1nc(-c2cccnc2N2CCC[C@H](C(=O)NCCC3=CCCCC3)C2)no1. The van der Waals surface area contributed by atoms with E-state index >= 15 is 0 Å². The number of hydrogen-bond acceptors (Lipinski definition) is 6. The Labute approximate surface area is 178 Å². The Morgan fingerprint density at radius 3 is 3.07 bits per heavy atom. The second-order valence-electron chi connectivity index (χ2n) is 8.17. The number of hydrogen-bond donors (Lipinski definition) is 1. The van der Waals surface area contributed by atoms with Crippen molar-refractivity contribution in [2.45, 2.75) is 58.3 Å². The molecule has 0 bridgehead atoms. The first-order valence-corrected chi connectivity index (χ1v) is 11.2. The molecule has 3 heterocycles. The molecule has 2 aromatic rings. The minimum atomic E-state index is -0.0228. The molecule has 0 saturated carbocycles. The van der Waals surface area contributed by atoms with Gasteiger partial charge in [-0.2, -0.15) is 4.98 Å². The third-order valence-electron chi connectivity index (χ3n) is 6.02. The number of carbonyl (C=O) groups excluding carboxylic acids is 1. The van der Waals surface area contributed by atoms with Crippen LogP contribution in [0.5, 0.6) is 0 Å². The molecule has 1 fully saturated rings. The second kappa shape index (κ2) is 9.87. The highest BCUT2D eigenvalue weighted by Crippen LogP contribution is 2.30. The normalized spacial score (nSPS) is 19.4. The molecule has 1 aliphatic heterocycles. The van der Waals surface area contributed by atoms with Gasteiger partial charge in [0, 0.05) is 32.3 Å². The molecule has 1 N–H and O–H groups in total. The van der Waals surface area contributed by atoms with Gasteiger partial charge in [-0.3, -0.25) is 4.79 Å². The Morgan fingerprint density at radius 1 is 1.33 bits per heavy atom. The number of amides is 1. The quantitative estimate of drug-likeness (QED) is 0.698. The van der Waals surface area contributed by atoms with Crippen LogP contribution in [0.1, 0.15) is 57.8 Å². The molecule has 1 amide bonds. The molecule has 160 valence electrons. The highest BCUT2D eigenvalue weighted by molar-refractivity contribution is 5.80. The molecular weight excluding hydrogens is 378 g/mol. The fraction of sp³-hybridized carbons (Fsp3) is 0.565. The number of nitrogens with one attached hydrogen (secondary N) is 1. The van der Waals surface area contributed by atoms with E-state index in [9.17, 15) is 4.79 Å². The van der Waals surface area contributed by atoms with Crippen LogP contribution in [0, 0.1) is 5.92 Å². The number of aryl methyl sites for hydroxylation is 1. The third-order valence-corrected chi connectivity index (χ3v) is 6.02. The molecule has 1 saturated heterocycles. The number of rotatable bonds is 7. The van der Waals surface area contributed by atoms with Crippen molar-refractivity contribution >= 4 is 11.7 Å². The van der Waals surface area contributed by atoms with Crippen molar-refractivity contribution in [1.82, 2.24) is 20.4 Å². The van der Waals surface area contributed by atoms with Crippen LogP contribution < -0.4 is 10.2 Å². The molecule has 4 rings (SSSR count). The van der Waals surface area contributed by atoms with E-state index in [0.717, 1.165) is 43.7 Å². The Hall–Kier alpha value is -2.70. The van der Waals surface area contributed by atoms with Crippen molar-refractivity contribution in [1.29, 1.82) is 0 Å². The summed E-state index contributed by atoms with van der Waals surface area (Å²) in [6.07, 6.45) is 12.6. The summed E-state index contributed by atoms with van der Waals surface area (Å²) >= 11 is 0. The van der Waals surface area contributed by atoms with Crippen LogP contribution in [-0.2, 0) is 11.2 Å². The van der Waals surface area contributed by atoms with E-state index in [0.29, 0.717) is 24.7 Å². The van der Waals surface area contributed by atoms with Gasteiger partial charge < -0.3 is 14.7 Å². The number of piperidine rings is 1. The van der Waals surface area contributed by atoms with E-state index in [1.165, 1.54) is 31.3 Å². The van der Waals surface area contributed by atoms with Gasteiger partial charge in [-0.25, -0.2) is 4.98 Å². The van der Waals surface area contributed by atoms with Gasteiger partial charge in [0.1, 0.15) is 5.82 Å². The summed E-state index contributed by atoms with van der Waals surface area (Å²) in [4.78, 5) is 24.0. The van der Waals surface area contributed by atoms with Crippen LogP contribution in [0.15, 0.2) is 34.5 Å². The van der Waals surface area contributed by atoms with E-state index in [1.54, 1.807) is 6.20 Å². The predicted molar refractivity (Wildman–Crippen MR) is 116 cm³/mol. The minimum absolute atomic E-state index is 0.0228. The smallest absolute Gasteiger partial charge is 0.226 e. The standard InChI is InChI=1S/C23H31N5O2/c1-2-20-26-21(27-30-20)19-11-6-13-24-22(19)28-15-7-10-18(16-28)23(29)25-14-12-17-8-4-3-5-9-17/h6,8,11,13,18H,2-5,7,9-10,12,14-16H2,1H3,(H,25,29)/t18-/m0/s1. The Kier molecular flexibility index (Phi) is 6.77. The van der Waals surface area contributed by atoms with E-state index < -0.39 is 0 Å². The van der Waals surface area contributed by atoms with Gasteiger partial charge in [-0.05, 0) is 57.1 Å². The molecule has 2 aliphatic rings. The van der Waals surface area contributed by atoms with Gasteiger partial charge in [0.2, 0.25) is 17.6 Å². The van der Waals surface area contributed by atoms with Crippen molar-refractivity contribution in [2.75, 3.05) is 24.5 Å². The largest absolute Gasteiger partial charge is 0.355 e. The van der Waals surface area contributed by atoms with E-state index in [-0.39, 0.29) is 11.8 Å². The molecule has 7 heteroatoms. The maximum atomic E-state index is 12.8. The van der Waals surface area contributed by atoms with Crippen LogP contribution in [0.2, 0.25) is 0 Å². The third kappa shape index (κ3) is 4.89. The molecule has 0 radical (unpaired) electrons. The zero-order valence-corrected chi connectivity index (χ0v) is 17.8. The lowest BCUT2D eigenvalue weighted by Gasteiger charge is -2.33. The molecule has 30 heavy (non-hydrogen) atoms. The Bertz CT molecular complexity index is 891. The molecular formula is C23H31N5O2. The molecule has 0 spiro atoms.